The van der Waals surface area contributed by atoms with Crippen LogP contribution in [0.1, 0.15) is 16.7 Å². The first-order chi connectivity index (χ1) is 11.1. The Morgan fingerprint density at radius 1 is 1.13 bits per heavy atom. The Morgan fingerprint density at radius 2 is 1.78 bits per heavy atom. The van der Waals surface area contributed by atoms with E-state index < -0.39 is 0 Å². The molecule has 1 aliphatic carbocycles. The molecule has 3 rings (SSSR count). The maximum absolute atomic E-state index is 9.69. The quantitative estimate of drug-likeness (QED) is 0.345. The molecule has 5 nitrogen and oxygen atoms in total. The lowest BCUT2D eigenvalue weighted by Gasteiger charge is -2.08. The van der Waals surface area contributed by atoms with Gasteiger partial charge in [0.2, 0.25) is 0 Å². The zero-order chi connectivity index (χ0) is 16.4. The van der Waals surface area contributed by atoms with Gasteiger partial charge in [0.15, 0.2) is 11.0 Å². The Morgan fingerprint density at radius 3 is 2.48 bits per heavy atom. The summed E-state index contributed by atoms with van der Waals surface area (Å²) < 4.78 is 1.13. The van der Waals surface area contributed by atoms with Crippen molar-refractivity contribution in [3.8, 4) is 5.75 Å². The highest BCUT2D eigenvalue weighted by molar-refractivity contribution is 9.11. The third kappa shape index (κ3) is 3.39. The van der Waals surface area contributed by atoms with Gasteiger partial charge in [-0.05, 0) is 55.6 Å². The highest BCUT2D eigenvalue weighted by Crippen LogP contribution is 2.33. The third-order valence-electron chi connectivity index (χ3n) is 2.94. The van der Waals surface area contributed by atoms with Gasteiger partial charge in [-0.2, -0.15) is 5.10 Å². The van der Waals surface area contributed by atoms with Crippen LogP contribution in [0.2, 0.25) is 5.15 Å². The summed E-state index contributed by atoms with van der Waals surface area (Å²) in [6.07, 6.45) is 4.99. The Bertz CT molecular complexity index is 906. The highest BCUT2D eigenvalue weighted by atomic mass is 79.9. The van der Waals surface area contributed by atoms with Crippen LogP contribution in [0.15, 0.2) is 37.6 Å². The first-order valence-electron chi connectivity index (χ1n) is 6.27. The number of hydrogen-bond acceptors (Lipinski definition) is 5. The molecular weight excluding hydrogens is 447 g/mol. The van der Waals surface area contributed by atoms with Crippen molar-refractivity contribution >= 4 is 67.6 Å². The van der Waals surface area contributed by atoms with Crippen LogP contribution in [0.4, 0.5) is 5.82 Å². The topological polar surface area (TPSA) is 70.4 Å². The van der Waals surface area contributed by atoms with E-state index in [0.717, 1.165) is 11.1 Å². The van der Waals surface area contributed by atoms with Crippen molar-refractivity contribution in [1.29, 1.82) is 0 Å². The second-order valence-corrected chi connectivity index (χ2v) is 6.51. The Labute approximate surface area is 153 Å². The molecule has 1 aromatic carbocycles. The van der Waals surface area contributed by atoms with E-state index in [-0.39, 0.29) is 5.75 Å². The van der Waals surface area contributed by atoms with Crippen molar-refractivity contribution < 1.29 is 5.11 Å². The fourth-order valence-corrected chi connectivity index (χ4v) is 3.28. The molecule has 0 radical (unpaired) electrons. The summed E-state index contributed by atoms with van der Waals surface area (Å²) in [4.78, 5) is 0. The molecule has 23 heavy (non-hydrogen) atoms. The van der Waals surface area contributed by atoms with Crippen molar-refractivity contribution in [2.45, 2.75) is 0 Å². The van der Waals surface area contributed by atoms with Crippen molar-refractivity contribution in [3.63, 3.8) is 0 Å². The Kier molecular flexibility index (Phi) is 4.66. The van der Waals surface area contributed by atoms with E-state index in [1.807, 2.05) is 0 Å². The van der Waals surface area contributed by atoms with Crippen LogP contribution in [0.3, 0.4) is 0 Å². The predicted molar refractivity (Wildman–Crippen MR) is 97.7 cm³/mol. The molecule has 0 fully saturated rings. The predicted octanol–water partition coefficient (Wildman–Crippen LogP) is 4.60. The van der Waals surface area contributed by atoms with Crippen molar-refractivity contribution in [1.82, 2.24) is 10.2 Å². The summed E-state index contributed by atoms with van der Waals surface area (Å²) in [6, 6.07) is 3.47. The molecule has 8 heteroatoms. The number of benzene rings is 1. The normalized spacial score (nSPS) is 12.0. The Balaban J connectivity index is 1.85. The van der Waals surface area contributed by atoms with Crippen LogP contribution in [0.25, 0.3) is 12.2 Å². The summed E-state index contributed by atoms with van der Waals surface area (Å²) in [6.45, 7) is 0. The minimum atomic E-state index is 0.136. The van der Waals surface area contributed by atoms with Crippen LogP contribution in [0.5, 0.6) is 5.75 Å². The molecule has 1 aliphatic rings. The molecular formula is C15H7Br2ClN4O. The summed E-state index contributed by atoms with van der Waals surface area (Å²) in [5.74, 6) is 0.597. The van der Waals surface area contributed by atoms with E-state index in [1.54, 1.807) is 30.5 Å². The number of hydrazone groups is 1. The van der Waals surface area contributed by atoms with Crippen molar-refractivity contribution in [2.75, 3.05) is 5.43 Å². The molecule has 1 aromatic heterocycles. The third-order valence-corrected chi connectivity index (χ3v) is 4.43. The monoisotopic (exact) mass is 452 g/mol. The van der Waals surface area contributed by atoms with Crippen LogP contribution < -0.4 is 5.43 Å². The second kappa shape index (κ2) is 6.71. The lowest BCUT2D eigenvalue weighted by Crippen LogP contribution is -2.02. The number of nitrogens with one attached hydrogen (secondary N) is 1. The molecule has 0 aliphatic heterocycles. The average molecular weight is 455 g/mol. The van der Waals surface area contributed by atoms with Crippen molar-refractivity contribution in [3.05, 3.63) is 54.4 Å². The minimum Gasteiger partial charge on any atom is -0.506 e. The summed E-state index contributed by atoms with van der Waals surface area (Å²) in [7, 11) is 0. The molecule has 0 spiro atoms. The van der Waals surface area contributed by atoms with E-state index in [4.69, 9.17) is 11.6 Å². The standard InChI is InChI=1S/C15H7Br2ClN4O/c16-11-5-8(6-12(17)13(11)23)7-19-21-15-10-4-2-1-3-9(10)14(18)20-22-15/h3-7,23H,(H,21,22)/b19-7+. The molecule has 0 saturated carbocycles. The molecule has 114 valence electrons. The lowest BCUT2D eigenvalue weighted by molar-refractivity contribution is 0.468. The Hall–Kier alpha value is -1.88. The summed E-state index contributed by atoms with van der Waals surface area (Å²) in [5.41, 5.74) is 10.7. The fourth-order valence-electron chi connectivity index (χ4n) is 1.86. The number of nitrogens with zero attached hydrogens (tertiary/aromatic N) is 3. The molecule has 0 atom stereocenters. The van der Waals surface area contributed by atoms with Gasteiger partial charge in [-0.25, -0.2) is 0 Å². The maximum Gasteiger partial charge on any atom is 0.177 e. The van der Waals surface area contributed by atoms with Gasteiger partial charge < -0.3 is 5.11 Å². The number of halogens is 3. The van der Waals surface area contributed by atoms with Gasteiger partial charge in [-0.3, -0.25) is 5.43 Å². The number of aromatic hydroxyl groups is 1. The molecule has 0 amide bonds. The van der Waals surface area contributed by atoms with E-state index in [0.29, 0.717) is 25.5 Å². The van der Waals surface area contributed by atoms with Gasteiger partial charge in [0.05, 0.1) is 15.2 Å². The minimum absolute atomic E-state index is 0.136. The van der Waals surface area contributed by atoms with Crippen LogP contribution in [-0.4, -0.2) is 21.5 Å². The molecule has 2 N–H and O–H groups in total. The summed E-state index contributed by atoms with van der Waals surface area (Å²) in [5, 5.41) is 22.0. The number of aromatic nitrogens is 2. The number of fused-ring (bicyclic) bond motifs is 1. The van der Waals surface area contributed by atoms with Gasteiger partial charge in [-0.15, -0.1) is 10.2 Å². The fraction of sp³-hybridized carbons (Fsp3) is 0. The maximum atomic E-state index is 9.69. The van der Waals surface area contributed by atoms with Gasteiger partial charge >= 0.3 is 0 Å². The number of hydrogen-bond donors (Lipinski definition) is 2. The smallest absolute Gasteiger partial charge is 0.177 e. The van der Waals surface area contributed by atoms with Gasteiger partial charge in [0, 0.05) is 17.2 Å². The summed E-state index contributed by atoms with van der Waals surface area (Å²) >= 11 is 12.5. The number of phenolic OH excluding ortho intramolecular Hbond substituents is 1. The zero-order valence-electron chi connectivity index (χ0n) is 11.3. The second-order valence-electron chi connectivity index (χ2n) is 4.45. The van der Waals surface area contributed by atoms with Crippen LogP contribution in [0, 0.1) is 0 Å². The van der Waals surface area contributed by atoms with Gasteiger partial charge in [-0.1, -0.05) is 23.1 Å². The molecule has 0 saturated heterocycles. The van der Waals surface area contributed by atoms with Gasteiger partial charge in [0.1, 0.15) is 5.75 Å². The van der Waals surface area contributed by atoms with Gasteiger partial charge in [0.25, 0.3) is 0 Å². The van der Waals surface area contributed by atoms with E-state index in [9.17, 15) is 5.11 Å². The molecule has 1 heterocycles. The number of phenols is 1. The van der Waals surface area contributed by atoms with Crippen molar-refractivity contribution in [2.24, 2.45) is 5.10 Å². The first-order valence-corrected chi connectivity index (χ1v) is 8.23. The van der Waals surface area contributed by atoms with Crippen LogP contribution in [-0.2, 0) is 0 Å². The van der Waals surface area contributed by atoms with E-state index in [2.05, 4.69) is 64.0 Å². The molecule has 0 unspecified atom stereocenters. The zero-order valence-corrected chi connectivity index (χ0v) is 15.2. The average Bonchev–Trinajstić information content (AvgIpc) is 2.55. The SMILES string of the molecule is Oc1c(Br)cc(/C=N/Nc2nnc(Cl)c3c2C=C=C=C3)cc1Br. The molecule has 0 bridgehead atoms. The molecule has 2 aromatic rings. The number of rotatable bonds is 3. The van der Waals surface area contributed by atoms with E-state index in [1.165, 1.54) is 0 Å². The highest BCUT2D eigenvalue weighted by Gasteiger charge is 2.12. The van der Waals surface area contributed by atoms with E-state index >= 15 is 0 Å². The largest absolute Gasteiger partial charge is 0.506 e. The van der Waals surface area contributed by atoms with Crippen LogP contribution >= 0.6 is 43.5 Å². The number of anilines is 1. The lowest BCUT2D eigenvalue weighted by atomic mass is 10.1. The first kappa shape index (κ1) is 16.0.